The minimum atomic E-state index is -1.16. The molecule has 0 atom stereocenters. The van der Waals surface area contributed by atoms with Gasteiger partial charge in [-0.05, 0) is 13.0 Å². The first-order valence-electron chi connectivity index (χ1n) is 4.56. The first kappa shape index (κ1) is 10.5. The van der Waals surface area contributed by atoms with Gasteiger partial charge in [0.05, 0.1) is 0 Å². The zero-order chi connectivity index (χ0) is 10.9. The largest absolute Gasteiger partial charge is 0.347 e. The molecule has 0 spiro atoms. The van der Waals surface area contributed by atoms with Gasteiger partial charge in [-0.25, -0.2) is 4.99 Å². The van der Waals surface area contributed by atoms with Crippen molar-refractivity contribution in [1.29, 1.82) is 0 Å². The Morgan fingerprint density at radius 1 is 1.20 bits per heavy atom. The highest BCUT2D eigenvalue weighted by molar-refractivity contribution is 6.50. The SMILES string of the molecule is Cc1ccc(C2=NC(Cl)(Cl)C=CN2)cc1. The number of rotatable bonds is 1. The maximum atomic E-state index is 5.90. The van der Waals surface area contributed by atoms with Crippen molar-refractivity contribution in [2.45, 2.75) is 11.4 Å². The average Bonchev–Trinajstić information content (AvgIpc) is 2.17. The molecule has 15 heavy (non-hydrogen) atoms. The third-order valence-corrected chi connectivity index (χ3v) is 2.51. The third-order valence-electron chi connectivity index (χ3n) is 2.09. The topological polar surface area (TPSA) is 24.4 Å². The van der Waals surface area contributed by atoms with E-state index in [1.54, 1.807) is 12.3 Å². The lowest BCUT2D eigenvalue weighted by Crippen LogP contribution is -2.27. The molecule has 0 aromatic heterocycles. The van der Waals surface area contributed by atoms with Crippen LogP contribution in [0.2, 0.25) is 0 Å². The molecule has 0 amide bonds. The molecule has 1 aromatic carbocycles. The summed E-state index contributed by atoms with van der Waals surface area (Å²) in [7, 11) is 0. The summed E-state index contributed by atoms with van der Waals surface area (Å²) < 4.78 is -1.16. The quantitative estimate of drug-likeness (QED) is 0.593. The molecule has 0 aliphatic carbocycles. The van der Waals surface area contributed by atoms with Crippen LogP contribution < -0.4 is 5.32 Å². The highest BCUT2D eigenvalue weighted by Crippen LogP contribution is 2.26. The molecule has 0 fully saturated rings. The Hall–Kier alpha value is -0.990. The van der Waals surface area contributed by atoms with Crippen LogP contribution in [0.5, 0.6) is 0 Å². The zero-order valence-corrected chi connectivity index (χ0v) is 9.68. The highest BCUT2D eigenvalue weighted by atomic mass is 35.5. The third kappa shape index (κ3) is 2.52. The van der Waals surface area contributed by atoms with Gasteiger partial charge in [-0.2, -0.15) is 0 Å². The van der Waals surface area contributed by atoms with Crippen molar-refractivity contribution in [1.82, 2.24) is 5.32 Å². The van der Waals surface area contributed by atoms with E-state index in [0.717, 1.165) is 5.56 Å². The fourth-order valence-corrected chi connectivity index (χ4v) is 1.59. The van der Waals surface area contributed by atoms with Crippen molar-refractivity contribution >= 4 is 29.0 Å². The Balaban J connectivity index is 2.32. The Morgan fingerprint density at radius 2 is 1.87 bits per heavy atom. The van der Waals surface area contributed by atoms with E-state index in [4.69, 9.17) is 23.2 Å². The summed E-state index contributed by atoms with van der Waals surface area (Å²) in [4.78, 5) is 4.16. The van der Waals surface area contributed by atoms with Crippen molar-refractivity contribution < 1.29 is 0 Å². The van der Waals surface area contributed by atoms with Crippen molar-refractivity contribution in [3.63, 3.8) is 0 Å². The van der Waals surface area contributed by atoms with Gasteiger partial charge in [-0.15, -0.1) is 0 Å². The van der Waals surface area contributed by atoms with Gasteiger partial charge in [0, 0.05) is 11.8 Å². The van der Waals surface area contributed by atoms with Crippen LogP contribution in [0.4, 0.5) is 0 Å². The van der Waals surface area contributed by atoms with Crippen molar-refractivity contribution in [3.05, 3.63) is 47.7 Å². The van der Waals surface area contributed by atoms with Crippen LogP contribution in [-0.4, -0.2) is 10.3 Å². The van der Waals surface area contributed by atoms with E-state index in [1.807, 2.05) is 31.2 Å². The predicted octanol–water partition coefficient (Wildman–Crippen LogP) is 2.99. The number of hydrogen-bond donors (Lipinski definition) is 1. The van der Waals surface area contributed by atoms with Gasteiger partial charge in [0.15, 0.2) is 0 Å². The fourth-order valence-electron chi connectivity index (χ4n) is 1.30. The lowest BCUT2D eigenvalue weighted by Gasteiger charge is -2.18. The summed E-state index contributed by atoms with van der Waals surface area (Å²) in [5, 5.41) is 3.01. The van der Waals surface area contributed by atoms with Gasteiger partial charge in [0.25, 0.3) is 0 Å². The minimum absolute atomic E-state index is 0.683. The Bertz CT molecular complexity index is 419. The average molecular weight is 241 g/mol. The van der Waals surface area contributed by atoms with Gasteiger partial charge < -0.3 is 5.32 Å². The van der Waals surface area contributed by atoms with E-state index in [1.165, 1.54) is 5.56 Å². The molecule has 0 saturated heterocycles. The van der Waals surface area contributed by atoms with Gasteiger partial charge in [0.2, 0.25) is 4.46 Å². The molecule has 0 bridgehead atoms. The van der Waals surface area contributed by atoms with Crippen LogP contribution in [0.3, 0.4) is 0 Å². The summed E-state index contributed by atoms with van der Waals surface area (Å²) in [6.07, 6.45) is 3.29. The van der Waals surface area contributed by atoms with E-state index in [9.17, 15) is 0 Å². The first-order chi connectivity index (χ1) is 7.07. The van der Waals surface area contributed by atoms with Gasteiger partial charge in [0.1, 0.15) is 5.84 Å². The number of alkyl halides is 2. The van der Waals surface area contributed by atoms with Crippen LogP contribution in [0.15, 0.2) is 41.5 Å². The maximum absolute atomic E-state index is 5.90. The number of nitrogens with zero attached hydrogens (tertiary/aromatic N) is 1. The fraction of sp³-hybridized carbons (Fsp3) is 0.182. The number of halogens is 2. The summed E-state index contributed by atoms with van der Waals surface area (Å²) in [5.41, 5.74) is 2.17. The lowest BCUT2D eigenvalue weighted by atomic mass is 10.1. The number of benzene rings is 1. The van der Waals surface area contributed by atoms with Crippen LogP contribution in [0.1, 0.15) is 11.1 Å². The molecular weight excluding hydrogens is 231 g/mol. The number of nitrogens with one attached hydrogen (secondary N) is 1. The van der Waals surface area contributed by atoms with Crippen LogP contribution in [0.25, 0.3) is 0 Å². The predicted molar refractivity (Wildman–Crippen MR) is 64.4 cm³/mol. The summed E-state index contributed by atoms with van der Waals surface area (Å²) in [5.74, 6) is 0.683. The number of amidine groups is 1. The number of hydrogen-bond acceptors (Lipinski definition) is 2. The highest BCUT2D eigenvalue weighted by Gasteiger charge is 2.22. The molecular formula is C11H10Cl2N2. The second kappa shape index (κ2) is 3.87. The van der Waals surface area contributed by atoms with Crippen LogP contribution in [0, 0.1) is 6.92 Å². The van der Waals surface area contributed by atoms with Gasteiger partial charge in [-0.3, -0.25) is 0 Å². The van der Waals surface area contributed by atoms with Crippen molar-refractivity contribution in [2.24, 2.45) is 4.99 Å². The molecule has 2 nitrogen and oxygen atoms in total. The molecule has 0 saturated carbocycles. The normalized spacial score (nSPS) is 18.2. The molecule has 1 aliphatic heterocycles. The van der Waals surface area contributed by atoms with Crippen LogP contribution in [-0.2, 0) is 0 Å². The van der Waals surface area contributed by atoms with Gasteiger partial charge >= 0.3 is 0 Å². The van der Waals surface area contributed by atoms with Crippen LogP contribution >= 0.6 is 23.2 Å². The van der Waals surface area contributed by atoms with E-state index in [-0.39, 0.29) is 0 Å². The molecule has 78 valence electrons. The molecule has 1 heterocycles. The smallest absolute Gasteiger partial charge is 0.230 e. The second-order valence-electron chi connectivity index (χ2n) is 3.39. The monoisotopic (exact) mass is 240 g/mol. The van der Waals surface area contributed by atoms with Gasteiger partial charge in [-0.1, -0.05) is 53.0 Å². The van der Waals surface area contributed by atoms with Crippen molar-refractivity contribution in [3.8, 4) is 0 Å². The second-order valence-corrected chi connectivity index (χ2v) is 4.74. The summed E-state index contributed by atoms with van der Waals surface area (Å²) >= 11 is 11.8. The number of aryl methyl sites for hydroxylation is 1. The Morgan fingerprint density at radius 3 is 2.47 bits per heavy atom. The zero-order valence-electron chi connectivity index (χ0n) is 8.17. The Kier molecular flexibility index (Phi) is 2.72. The molecule has 4 heteroatoms. The molecule has 0 radical (unpaired) electrons. The Labute approximate surface area is 98.6 Å². The lowest BCUT2D eigenvalue weighted by molar-refractivity contribution is 0.973. The minimum Gasteiger partial charge on any atom is -0.347 e. The van der Waals surface area contributed by atoms with E-state index in [2.05, 4.69) is 10.3 Å². The number of aliphatic imine (C=N–C) groups is 1. The first-order valence-corrected chi connectivity index (χ1v) is 5.31. The standard InChI is InChI=1S/C11H10Cl2N2/c1-8-2-4-9(5-3-8)10-14-7-6-11(12,13)15-10/h2-7H,1H3,(H,14,15). The summed E-state index contributed by atoms with van der Waals surface area (Å²) in [6, 6.07) is 7.98. The molecule has 1 aliphatic rings. The molecule has 2 rings (SSSR count). The molecule has 1 N–H and O–H groups in total. The van der Waals surface area contributed by atoms with Crippen molar-refractivity contribution in [2.75, 3.05) is 0 Å². The van der Waals surface area contributed by atoms with E-state index in [0.29, 0.717) is 5.84 Å². The van der Waals surface area contributed by atoms with E-state index < -0.39 is 4.46 Å². The molecule has 1 aromatic rings. The van der Waals surface area contributed by atoms with E-state index >= 15 is 0 Å². The maximum Gasteiger partial charge on any atom is 0.230 e. The molecule has 0 unspecified atom stereocenters. The summed E-state index contributed by atoms with van der Waals surface area (Å²) in [6.45, 7) is 2.03.